The molecular formula is C29H35NO3. The van der Waals surface area contributed by atoms with Gasteiger partial charge < -0.3 is 19.8 Å². The molecule has 0 saturated heterocycles. The molecule has 0 amide bonds. The number of phenols is 1. The first-order valence-corrected chi connectivity index (χ1v) is 11.8. The summed E-state index contributed by atoms with van der Waals surface area (Å²) in [4.78, 5) is 2.18. The summed E-state index contributed by atoms with van der Waals surface area (Å²) in [6, 6.07) is 25.8. The summed E-state index contributed by atoms with van der Waals surface area (Å²) in [6.07, 6.45) is 0.345. The zero-order valence-electron chi connectivity index (χ0n) is 19.9. The van der Waals surface area contributed by atoms with Crippen molar-refractivity contribution < 1.29 is 14.9 Å². The molecule has 1 atom stereocenters. The van der Waals surface area contributed by atoms with Crippen LogP contribution < -0.4 is 4.74 Å². The van der Waals surface area contributed by atoms with Gasteiger partial charge in [-0.25, -0.2) is 0 Å². The van der Waals surface area contributed by atoms with Crippen LogP contribution >= 0.6 is 0 Å². The summed E-state index contributed by atoms with van der Waals surface area (Å²) in [5.41, 5.74) is 5.69. The quantitative estimate of drug-likeness (QED) is 0.364. The molecule has 3 rings (SSSR count). The van der Waals surface area contributed by atoms with Crippen molar-refractivity contribution in [3.05, 3.63) is 95.6 Å². The number of phenolic OH excluding ortho intramolecular Hbond substituents is 1. The van der Waals surface area contributed by atoms with E-state index < -0.39 is 6.10 Å². The molecule has 0 fully saturated rings. The van der Waals surface area contributed by atoms with Gasteiger partial charge in [-0.2, -0.15) is 0 Å². The van der Waals surface area contributed by atoms with E-state index in [0.717, 1.165) is 42.0 Å². The van der Waals surface area contributed by atoms with Gasteiger partial charge in [0.05, 0.1) is 0 Å². The number of ether oxygens (including phenoxy) is 1. The molecule has 174 valence electrons. The summed E-state index contributed by atoms with van der Waals surface area (Å²) in [7, 11) is 0. The SMILES string of the molecule is CC/C(=C(\c1ccc(O)cc1)c1ccc(OCC(O)CN(CC)CC)cc1)c1ccccc1. The van der Waals surface area contributed by atoms with Crippen molar-refractivity contribution in [2.45, 2.75) is 33.3 Å². The topological polar surface area (TPSA) is 52.9 Å². The molecular weight excluding hydrogens is 410 g/mol. The van der Waals surface area contributed by atoms with E-state index in [-0.39, 0.29) is 12.4 Å². The van der Waals surface area contributed by atoms with Gasteiger partial charge in [0.25, 0.3) is 0 Å². The van der Waals surface area contributed by atoms with Gasteiger partial charge in [-0.15, -0.1) is 0 Å². The molecule has 2 N–H and O–H groups in total. The molecule has 0 heterocycles. The van der Waals surface area contributed by atoms with Crippen molar-refractivity contribution in [2.24, 2.45) is 0 Å². The van der Waals surface area contributed by atoms with Crippen molar-refractivity contribution >= 4 is 11.1 Å². The third-order valence-electron chi connectivity index (χ3n) is 5.88. The Morgan fingerprint density at radius 2 is 1.36 bits per heavy atom. The number of benzene rings is 3. The highest BCUT2D eigenvalue weighted by atomic mass is 16.5. The molecule has 0 radical (unpaired) electrons. The van der Waals surface area contributed by atoms with Gasteiger partial charge in [-0.05, 0) is 71.6 Å². The van der Waals surface area contributed by atoms with Gasteiger partial charge in [0.15, 0.2) is 0 Å². The first kappa shape index (κ1) is 24.6. The van der Waals surface area contributed by atoms with Gasteiger partial charge >= 0.3 is 0 Å². The molecule has 0 aliphatic rings. The zero-order valence-corrected chi connectivity index (χ0v) is 19.9. The number of allylic oxidation sites excluding steroid dienone is 1. The lowest BCUT2D eigenvalue weighted by atomic mass is 9.88. The highest BCUT2D eigenvalue weighted by Gasteiger charge is 2.14. The average Bonchev–Trinajstić information content (AvgIpc) is 2.86. The van der Waals surface area contributed by atoms with Crippen LogP contribution in [-0.2, 0) is 0 Å². The molecule has 33 heavy (non-hydrogen) atoms. The first-order chi connectivity index (χ1) is 16.0. The predicted molar refractivity (Wildman–Crippen MR) is 136 cm³/mol. The van der Waals surface area contributed by atoms with Crippen LogP contribution in [0.2, 0.25) is 0 Å². The van der Waals surface area contributed by atoms with E-state index in [4.69, 9.17) is 4.74 Å². The average molecular weight is 446 g/mol. The maximum atomic E-state index is 10.3. The number of hydrogen-bond donors (Lipinski definition) is 2. The fourth-order valence-electron chi connectivity index (χ4n) is 4.05. The Hall–Kier alpha value is -3.08. The maximum Gasteiger partial charge on any atom is 0.119 e. The van der Waals surface area contributed by atoms with Crippen molar-refractivity contribution in [1.29, 1.82) is 0 Å². The number of rotatable bonds is 11. The molecule has 0 aliphatic carbocycles. The van der Waals surface area contributed by atoms with Crippen LogP contribution in [0, 0.1) is 0 Å². The van der Waals surface area contributed by atoms with Gasteiger partial charge in [-0.1, -0.05) is 75.4 Å². The third-order valence-corrected chi connectivity index (χ3v) is 5.88. The Labute approximate surface area is 197 Å². The van der Waals surface area contributed by atoms with Crippen molar-refractivity contribution in [3.8, 4) is 11.5 Å². The summed E-state index contributed by atoms with van der Waals surface area (Å²) < 4.78 is 5.86. The van der Waals surface area contributed by atoms with Crippen LogP contribution in [0.25, 0.3) is 11.1 Å². The highest BCUT2D eigenvalue weighted by Crippen LogP contribution is 2.35. The van der Waals surface area contributed by atoms with Gasteiger partial charge in [0.1, 0.15) is 24.2 Å². The van der Waals surface area contributed by atoms with E-state index in [1.807, 2.05) is 30.3 Å². The second-order valence-corrected chi connectivity index (χ2v) is 8.10. The molecule has 0 saturated carbocycles. The van der Waals surface area contributed by atoms with Gasteiger partial charge in [0.2, 0.25) is 0 Å². The second-order valence-electron chi connectivity index (χ2n) is 8.10. The van der Waals surface area contributed by atoms with E-state index in [1.54, 1.807) is 12.1 Å². The number of nitrogens with zero attached hydrogens (tertiary/aromatic N) is 1. The van der Waals surface area contributed by atoms with Crippen LogP contribution in [0.1, 0.15) is 43.9 Å². The Bertz CT molecular complexity index is 1010. The molecule has 0 bridgehead atoms. The van der Waals surface area contributed by atoms with Crippen LogP contribution in [-0.4, -0.2) is 47.5 Å². The maximum absolute atomic E-state index is 10.3. The summed E-state index contributed by atoms with van der Waals surface area (Å²) in [6.45, 7) is 9.05. The summed E-state index contributed by atoms with van der Waals surface area (Å²) >= 11 is 0. The molecule has 0 aromatic heterocycles. The Balaban J connectivity index is 1.88. The molecule has 4 nitrogen and oxygen atoms in total. The highest BCUT2D eigenvalue weighted by molar-refractivity contribution is 5.98. The Morgan fingerprint density at radius 3 is 1.91 bits per heavy atom. The van der Waals surface area contributed by atoms with E-state index >= 15 is 0 Å². The Kier molecular flexibility index (Phi) is 9.11. The molecule has 0 aliphatic heterocycles. The lowest BCUT2D eigenvalue weighted by molar-refractivity contribution is 0.0716. The van der Waals surface area contributed by atoms with Crippen LogP contribution in [0.5, 0.6) is 11.5 Å². The lowest BCUT2D eigenvalue weighted by Crippen LogP contribution is -2.35. The number of likely N-dealkylation sites (N-methyl/N-ethyl adjacent to an activating group) is 1. The summed E-state index contributed by atoms with van der Waals surface area (Å²) in [5.74, 6) is 0.989. The molecule has 3 aromatic carbocycles. The minimum absolute atomic E-state index is 0.253. The zero-order chi connectivity index (χ0) is 23.6. The normalized spacial score (nSPS) is 13.0. The van der Waals surface area contributed by atoms with E-state index in [9.17, 15) is 10.2 Å². The molecule has 0 spiro atoms. The number of aromatic hydroxyl groups is 1. The fourth-order valence-corrected chi connectivity index (χ4v) is 4.05. The largest absolute Gasteiger partial charge is 0.508 e. The Morgan fingerprint density at radius 1 is 0.788 bits per heavy atom. The van der Waals surface area contributed by atoms with Crippen LogP contribution in [0.15, 0.2) is 78.9 Å². The second kappa shape index (κ2) is 12.2. The van der Waals surface area contributed by atoms with Crippen molar-refractivity contribution in [2.75, 3.05) is 26.2 Å². The third kappa shape index (κ3) is 6.70. The van der Waals surface area contributed by atoms with Crippen LogP contribution in [0.4, 0.5) is 0 Å². The monoisotopic (exact) mass is 445 g/mol. The van der Waals surface area contributed by atoms with Crippen LogP contribution in [0.3, 0.4) is 0 Å². The van der Waals surface area contributed by atoms with E-state index in [0.29, 0.717) is 6.54 Å². The lowest BCUT2D eigenvalue weighted by Gasteiger charge is -2.22. The minimum atomic E-state index is -0.526. The molecule has 1 unspecified atom stereocenters. The standard InChI is InChI=1S/C29H35NO3/c1-4-28(22-10-8-7-9-11-22)29(23-12-16-25(31)17-13-23)24-14-18-27(19-15-24)33-21-26(32)20-30(5-2)6-3/h7-19,26,31-32H,4-6,20-21H2,1-3H3/b29-28-. The van der Waals surface area contributed by atoms with E-state index in [2.05, 4.69) is 62.1 Å². The van der Waals surface area contributed by atoms with Gasteiger partial charge in [0, 0.05) is 6.54 Å². The number of aliphatic hydroxyl groups excluding tert-OH is 1. The smallest absolute Gasteiger partial charge is 0.119 e. The predicted octanol–water partition coefficient (Wildman–Crippen LogP) is 5.84. The number of hydrogen-bond acceptors (Lipinski definition) is 4. The minimum Gasteiger partial charge on any atom is -0.508 e. The van der Waals surface area contributed by atoms with E-state index in [1.165, 1.54) is 11.1 Å². The van der Waals surface area contributed by atoms with Gasteiger partial charge in [-0.3, -0.25) is 0 Å². The van der Waals surface area contributed by atoms with Crippen molar-refractivity contribution in [1.82, 2.24) is 4.90 Å². The van der Waals surface area contributed by atoms with Crippen molar-refractivity contribution in [3.63, 3.8) is 0 Å². The molecule has 3 aromatic rings. The first-order valence-electron chi connectivity index (χ1n) is 11.8. The summed E-state index contributed by atoms with van der Waals surface area (Å²) in [5, 5.41) is 20.1. The fraction of sp³-hybridized carbons (Fsp3) is 0.310. The number of aliphatic hydroxyl groups is 1. The molecule has 4 heteroatoms.